The molecule has 9 heteroatoms. The molecule has 0 unspecified atom stereocenters. The summed E-state index contributed by atoms with van der Waals surface area (Å²) in [6.45, 7) is 7.90. The number of pyridine rings is 3. The van der Waals surface area contributed by atoms with Gasteiger partial charge in [-0.05, 0) is 36.0 Å². The van der Waals surface area contributed by atoms with E-state index >= 15 is 0 Å². The lowest BCUT2D eigenvalue weighted by Crippen LogP contribution is -2.39. The van der Waals surface area contributed by atoms with E-state index in [-0.39, 0.29) is 16.7 Å². The van der Waals surface area contributed by atoms with Gasteiger partial charge in [-0.1, -0.05) is 20.8 Å². The molecule has 0 saturated heterocycles. The van der Waals surface area contributed by atoms with E-state index in [0.717, 1.165) is 36.0 Å². The molecule has 4 aromatic rings. The molecular formula is C33H33N3O6. The zero-order valence-corrected chi connectivity index (χ0v) is 24.0. The number of aromatic carboxylic acids is 3. The minimum absolute atomic E-state index is 0.105. The molecule has 0 fully saturated rings. The van der Waals surface area contributed by atoms with Gasteiger partial charge in [0.15, 0.2) is 56.8 Å². The van der Waals surface area contributed by atoms with Crippen LogP contribution in [0, 0.1) is 0 Å². The van der Waals surface area contributed by atoms with Crippen molar-refractivity contribution in [1.29, 1.82) is 0 Å². The highest BCUT2D eigenvalue weighted by Gasteiger charge is 2.27. The van der Waals surface area contributed by atoms with E-state index in [1.807, 2.05) is 13.7 Å². The lowest BCUT2D eigenvalue weighted by Gasteiger charge is -2.23. The van der Waals surface area contributed by atoms with Gasteiger partial charge in [0.1, 0.15) is 0 Å². The fourth-order valence-corrected chi connectivity index (χ4v) is 5.59. The average Bonchev–Trinajstić information content (AvgIpc) is 2.98. The molecule has 0 aliphatic carbocycles. The SMILES string of the molecule is CCc1c(C[n+]2ccc(C(=O)[O-])cc2)c(CC)c(C[n+]2ccc(C(=O)[O-])cc2)c(CC)c1C[n+]1ccc(C(=O)[O-])cc1. The summed E-state index contributed by atoms with van der Waals surface area (Å²) in [5.41, 5.74) is 7.33. The summed E-state index contributed by atoms with van der Waals surface area (Å²) in [5, 5.41) is 33.9. The van der Waals surface area contributed by atoms with Gasteiger partial charge in [0.2, 0.25) is 0 Å². The van der Waals surface area contributed by atoms with Crippen LogP contribution in [0.15, 0.2) is 73.6 Å². The highest BCUT2D eigenvalue weighted by molar-refractivity contribution is 5.86. The van der Waals surface area contributed by atoms with E-state index in [4.69, 9.17) is 0 Å². The Bertz CT molecular complexity index is 1400. The van der Waals surface area contributed by atoms with E-state index in [1.54, 1.807) is 37.2 Å². The molecule has 216 valence electrons. The minimum atomic E-state index is -1.23. The maximum Gasteiger partial charge on any atom is 0.174 e. The van der Waals surface area contributed by atoms with Gasteiger partial charge in [-0.15, -0.1) is 0 Å². The van der Waals surface area contributed by atoms with Gasteiger partial charge in [-0.25, -0.2) is 13.7 Å². The maximum absolute atomic E-state index is 11.3. The number of hydrogen-bond donors (Lipinski definition) is 0. The van der Waals surface area contributed by atoms with E-state index in [9.17, 15) is 29.7 Å². The molecule has 0 bridgehead atoms. The Balaban J connectivity index is 1.90. The first-order valence-electron chi connectivity index (χ1n) is 13.9. The zero-order valence-electron chi connectivity index (χ0n) is 24.0. The maximum atomic E-state index is 11.3. The van der Waals surface area contributed by atoms with Crippen molar-refractivity contribution >= 4 is 17.9 Å². The van der Waals surface area contributed by atoms with Crippen LogP contribution >= 0.6 is 0 Å². The normalized spacial score (nSPS) is 10.9. The Morgan fingerprint density at radius 3 is 0.833 bits per heavy atom. The monoisotopic (exact) mass is 567 g/mol. The standard InChI is InChI=1S/C33H33N3O6/c1-4-25-28(19-34-13-7-22(8-14-34)31(37)38)26(5-2)30(21-36-17-11-24(12-18-36)33(41)42)27(6-3)29(25)20-35-15-9-23(10-16-35)32(39)40/h7-18H,4-6,19-21H2,1-3H3. The number of benzene rings is 1. The molecular weight excluding hydrogens is 534 g/mol. The number of hydrogen-bond acceptors (Lipinski definition) is 6. The van der Waals surface area contributed by atoms with Crippen LogP contribution in [0.25, 0.3) is 0 Å². The number of nitrogens with zero attached hydrogens (tertiary/aromatic N) is 3. The van der Waals surface area contributed by atoms with Gasteiger partial charge in [0, 0.05) is 69.8 Å². The summed E-state index contributed by atoms with van der Waals surface area (Å²) in [4.78, 5) is 33.9. The van der Waals surface area contributed by atoms with Crippen LogP contribution in [0.2, 0.25) is 0 Å². The molecule has 0 N–H and O–H groups in total. The number of carboxylic acid groups (broad SMARTS) is 3. The van der Waals surface area contributed by atoms with Crippen LogP contribution in [0.3, 0.4) is 0 Å². The second-order valence-corrected chi connectivity index (χ2v) is 10.1. The van der Waals surface area contributed by atoms with Gasteiger partial charge in [-0.2, -0.15) is 0 Å². The Kier molecular flexibility index (Phi) is 9.42. The van der Waals surface area contributed by atoms with Crippen molar-refractivity contribution in [2.45, 2.75) is 59.7 Å². The first kappa shape index (κ1) is 30.0. The van der Waals surface area contributed by atoms with Crippen LogP contribution in [0.1, 0.15) is 85.2 Å². The number of carbonyl (C=O) groups excluding carboxylic acids is 3. The predicted octanol–water partition coefficient (Wildman–Crippen LogP) is -0.528. The Hall–Kier alpha value is -4.92. The quantitative estimate of drug-likeness (QED) is 0.212. The fraction of sp³-hybridized carbons (Fsp3) is 0.273. The van der Waals surface area contributed by atoms with E-state index in [1.165, 1.54) is 53.1 Å². The molecule has 3 aromatic heterocycles. The lowest BCUT2D eigenvalue weighted by molar-refractivity contribution is -0.690. The fourth-order valence-electron chi connectivity index (χ4n) is 5.59. The lowest BCUT2D eigenvalue weighted by atomic mass is 9.83. The number of carboxylic acids is 3. The molecule has 0 spiro atoms. The van der Waals surface area contributed by atoms with Crippen molar-refractivity contribution in [1.82, 2.24) is 0 Å². The predicted molar refractivity (Wildman–Crippen MR) is 145 cm³/mol. The molecule has 1 aromatic carbocycles. The van der Waals surface area contributed by atoms with Gasteiger partial charge in [0.25, 0.3) is 0 Å². The van der Waals surface area contributed by atoms with Gasteiger partial charge in [0.05, 0.1) is 17.9 Å². The molecule has 0 aliphatic rings. The molecule has 4 rings (SSSR count). The molecule has 0 amide bonds. The van der Waals surface area contributed by atoms with Gasteiger partial charge >= 0.3 is 0 Å². The Morgan fingerprint density at radius 2 is 0.667 bits per heavy atom. The third-order valence-electron chi connectivity index (χ3n) is 7.65. The van der Waals surface area contributed by atoms with E-state index < -0.39 is 17.9 Å². The smallest absolute Gasteiger partial charge is 0.174 e. The first-order chi connectivity index (χ1) is 20.2. The largest absolute Gasteiger partial charge is 0.545 e. The van der Waals surface area contributed by atoms with Crippen molar-refractivity contribution in [3.8, 4) is 0 Å². The summed E-state index contributed by atoms with van der Waals surface area (Å²) >= 11 is 0. The Morgan fingerprint density at radius 1 is 0.452 bits per heavy atom. The van der Waals surface area contributed by atoms with Crippen LogP contribution in [0.5, 0.6) is 0 Å². The van der Waals surface area contributed by atoms with Crippen molar-refractivity contribution < 1.29 is 43.4 Å². The summed E-state index contributed by atoms with van der Waals surface area (Å²) in [5.74, 6) is -3.69. The molecule has 0 atom stereocenters. The Labute approximate surface area is 244 Å². The third kappa shape index (κ3) is 6.52. The summed E-state index contributed by atoms with van der Waals surface area (Å²) < 4.78 is 5.84. The first-order valence-corrected chi connectivity index (χ1v) is 13.9. The van der Waals surface area contributed by atoms with Crippen LogP contribution in [-0.2, 0) is 38.9 Å². The summed E-state index contributed by atoms with van der Waals surface area (Å²) in [6.07, 6.45) is 12.7. The van der Waals surface area contributed by atoms with Gasteiger partial charge in [-0.3, -0.25) is 0 Å². The van der Waals surface area contributed by atoms with Crippen LogP contribution in [-0.4, -0.2) is 17.9 Å². The topological polar surface area (TPSA) is 132 Å². The zero-order chi connectivity index (χ0) is 30.4. The molecule has 0 aliphatic heterocycles. The van der Waals surface area contributed by atoms with Crippen LogP contribution < -0.4 is 29.0 Å². The molecule has 0 saturated carbocycles. The molecule has 9 nitrogen and oxygen atoms in total. The van der Waals surface area contributed by atoms with Crippen molar-refractivity contribution in [3.05, 3.63) is 124 Å². The van der Waals surface area contributed by atoms with Crippen LogP contribution in [0.4, 0.5) is 0 Å². The average molecular weight is 568 g/mol. The third-order valence-corrected chi connectivity index (χ3v) is 7.65. The second kappa shape index (κ2) is 13.2. The highest BCUT2D eigenvalue weighted by atomic mass is 16.4. The summed E-state index contributed by atoms with van der Waals surface area (Å²) in [6, 6.07) is 9.16. The van der Waals surface area contributed by atoms with Crippen molar-refractivity contribution in [2.75, 3.05) is 0 Å². The van der Waals surface area contributed by atoms with Crippen molar-refractivity contribution in [2.24, 2.45) is 0 Å². The summed E-state index contributed by atoms with van der Waals surface area (Å²) in [7, 11) is 0. The molecule has 42 heavy (non-hydrogen) atoms. The van der Waals surface area contributed by atoms with E-state index in [0.29, 0.717) is 19.6 Å². The molecule has 3 heterocycles. The van der Waals surface area contributed by atoms with Crippen molar-refractivity contribution in [3.63, 3.8) is 0 Å². The molecule has 0 radical (unpaired) electrons. The highest BCUT2D eigenvalue weighted by Crippen LogP contribution is 2.31. The number of rotatable bonds is 12. The number of aromatic nitrogens is 3. The number of carbonyl (C=O) groups is 3. The van der Waals surface area contributed by atoms with Gasteiger partial charge < -0.3 is 29.7 Å². The second-order valence-electron chi connectivity index (χ2n) is 10.1. The van der Waals surface area contributed by atoms with E-state index in [2.05, 4.69) is 20.8 Å². The minimum Gasteiger partial charge on any atom is -0.545 e.